The number of carbonyl (C=O) groups is 1. The average Bonchev–Trinajstić information content (AvgIpc) is 3.44. The lowest BCUT2D eigenvalue weighted by molar-refractivity contribution is -0.122. The molecule has 4 rings (SSSR count). The summed E-state index contributed by atoms with van der Waals surface area (Å²) in [5, 5.41) is 7.02. The highest BCUT2D eigenvalue weighted by molar-refractivity contribution is 7.13. The number of halogens is 1. The molecule has 1 atom stereocenters. The Hall–Kier alpha value is -1.67. The molecule has 2 aliphatic rings. The maximum absolute atomic E-state index is 12.6. The number of piperazine rings is 1. The SMILES string of the molecule is O=C(CN1CCN(c2nccs2)CC1)NC[C@@H](c1ccccc1Cl)N1CCCC1. The van der Waals surface area contributed by atoms with E-state index in [0.717, 1.165) is 55.0 Å². The van der Waals surface area contributed by atoms with E-state index in [1.54, 1.807) is 11.3 Å². The van der Waals surface area contributed by atoms with Gasteiger partial charge in [-0.25, -0.2) is 4.98 Å². The van der Waals surface area contributed by atoms with Gasteiger partial charge in [0.05, 0.1) is 12.6 Å². The standard InChI is InChI=1S/C21H28ClN5OS/c22-18-6-2-1-5-17(18)19(26-8-3-4-9-26)15-24-20(28)16-25-10-12-27(13-11-25)21-23-7-14-29-21/h1-2,5-7,14,19H,3-4,8-13,15-16H2,(H,24,28)/t19-/m0/s1. The van der Waals surface area contributed by atoms with Crippen molar-refractivity contribution in [3.8, 4) is 0 Å². The van der Waals surface area contributed by atoms with Gasteiger partial charge in [0.15, 0.2) is 5.13 Å². The molecule has 0 spiro atoms. The van der Waals surface area contributed by atoms with E-state index in [1.165, 1.54) is 12.8 Å². The lowest BCUT2D eigenvalue weighted by atomic mass is 10.1. The van der Waals surface area contributed by atoms with Gasteiger partial charge in [-0.2, -0.15) is 0 Å². The molecule has 0 radical (unpaired) electrons. The predicted octanol–water partition coefficient (Wildman–Crippen LogP) is 2.87. The lowest BCUT2D eigenvalue weighted by Crippen LogP contribution is -2.50. The van der Waals surface area contributed by atoms with E-state index >= 15 is 0 Å². The number of aromatic nitrogens is 1. The fraction of sp³-hybridized carbons (Fsp3) is 0.524. The summed E-state index contributed by atoms with van der Waals surface area (Å²) in [5.41, 5.74) is 1.11. The van der Waals surface area contributed by atoms with Gasteiger partial charge < -0.3 is 10.2 Å². The summed E-state index contributed by atoms with van der Waals surface area (Å²) < 4.78 is 0. The molecule has 2 aromatic rings. The summed E-state index contributed by atoms with van der Waals surface area (Å²) in [6.07, 6.45) is 4.26. The third-order valence-electron chi connectivity index (χ3n) is 5.77. The minimum atomic E-state index is 0.0870. The van der Waals surface area contributed by atoms with Gasteiger partial charge in [0.1, 0.15) is 0 Å². The number of amides is 1. The number of likely N-dealkylation sites (tertiary alicyclic amines) is 1. The van der Waals surface area contributed by atoms with Gasteiger partial charge in [-0.15, -0.1) is 11.3 Å². The molecule has 0 saturated carbocycles. The first kappa shape index (κ1) is 20.6. The number of nitrogens with zero attached hydrogens (tertiary/aromatic N) is 4. The Bertz CT molecular complexity index is 788. The second-order valence-electron chi connectivity index (χ2n) is 7.66. The second-order valence-corrected chi connectivity index (χ2v) is 8.94. The highest BCUT2D eigenvalue weighted by atomic mass is 35.5. The van der Waals surface area contributed by atoms with Gasteiger partial charge >= 0.3 is 0 Å². The minimum Gasteiger partial charge on any atom is -0.353 e. The molecule has 8 heteroatoms. The van der Waals surface area contributed by atoms with Gasteiger partial charge in [-0.05, 0) is 37.6 Å². The van der Waals surface area contributed by atoms with Crippen LogP contribution in [-0.2, 0) is 4.79 Å². The van der Waals surface area contributed by atoms with Gasteiger partial charge in [0, 0.05) is 49.3 Å². The fourth-order valence-electron chi connectivity index (χ4n) is 4.17. The highest BCUT2D eigenvalue weighted by Crippen LogP contribution is 2.29. The van der Waals surface area contributed by atoms with Gasteiger partial charge in [-0.1, -0.05) is 29.8 Å². The van der Waals surface area contributed by atoms with E-state index in [-0.39, 0.29) is 11.9 Å². The van der Waals surface area contributed by atoms with Crippen molar-refractivity contribution in [3.63, 3.8) is 0 Å². The molecule has 156 valence electrons. The number of thiazole rings is 1. The van der Waals surface area contributed by atoms with Crippen LogP contribution in [0.1, 0.15) is 24.4 Å². The summed E-state index contributed by atoms with van der Waals surface area (Å²) in [6.45, 7) is 6.76. The number of anilines is 1. The van der Waals surface area contributed by atoms with Crippen LogP contribution in [0.15, 0.2) is 35.8 Å². The van der Waals surface area contributed by atoms with Crippen LogP contribution in [0.2, 0.25) is 5.02 Å². The van der Waals surface area contributed by atoms with Crippen LogP contribution in [0.3, 0.4) is 0 Å². The van der Waals surface area contributed by atoms with E-state index in [2.05, 4.69) is 31.1 Å². The van der Waals surface area contributed by atoms with Crippen LogP contribution in [0.25, 0.3) is 0 Å². The van der Waals surface area contributed by atoms with Crippen molar-refractivity contribution in [2.45, 2.75) is 18.9 Å². The Morgan fingerprint density at radius 3 is 2.59 bits per heavy atom. The van der Waals surface area contributed by atoms with E-state index in [4.69, 9.17) is 11.6 Å². The molecule has 29 heavy (non-hydrogen) atoms. The molecule has 1 aromatic carbocycles. The maximum Gasteiger partial charge on any atom is 0.234 e. The first-order chi connectivity index (χ1) is 14.2. The highest BCUT2D eigenvalue weighted by Gasteiger charge is 2.26. The zero-order valence-electron chi connectivity index (χ0n) is 16.6. The molecule has 0 bridgehead atoms. The second kappa shape index (κ2) is 9.89. The minimum absolute atomic E-state index is 0.0870. The predicted molar refractivity (Wildman–Crippen MR) is 119 cm³/mol. The quantitative estimate of drug-likeness (QED) is 0.727. The molecule has 1 N–H and O–H groups in total. The third-order valence-corrected chi connectivity index (χ3v) is 6.94. The van der Waals surface area contributed by atoms with Crippen LogP contribution >= 0.6 is 22.9 Å². The number of hydrogen-bond donors (Lipinski definition) is 1. The van der Waals surface area contributed by atoms with Crippen molar-refractivity contribution in [2.75, 3.05) is 57.3 Å². The summed E-state index contributed by atoms with van der Waals surface area (Å²) in [6, 6.07) is 8.13. The van der Waals surface area contributed by atoms with Crippen LogP contribution in [0.5, 0.6) is 0 Å². The van der Waals surface area contributed by atoms with Crippen LogP contribution < -0.4 is 10.2 Å². The van der Waals surface area contributed by atoms with Crippen LogP contribution in [0, 0.1) is 0 Å². The van der Waals surface area contributed by atoms with E-state index in [0.29, 0.717) is 13.1 Å². The first-order valence-electron chi connectivity index (χ1n) is 10.3. The topological polar surface area (TPSA) is 51.7 Å². The molecule has 2 aliphatic heterocycles. The number of carbonyl (C=O) groups excluding carboxylic acids is 1. The van der Waals surface area contributed by atoms with Gasteiger partial charge in [0.2, 0.25) is 5.91 Å². The molecule has 1 aromatic heterocycles. The molecule has 1 amide bonds. The molecular formula is C21H28ClN5OS. The Labute approximate surface area is 181 Å². The fourth-order valence-corrected chi connectivity index (χ4v) is 5.13. The van der Waals surface area contributed by atoms with E-state index in [1.807, 2.05) is 29.8 Å². The zero-order valence-corrected chi connectivity index (χ0v) is 18.2. The van der Waals surface area contributed by atoms with E-state index in [9.17, 15) is 4.79 Å². The average molecular weight is 434 g/mol. The van der Waals surface area contributed by atoms with E-state index < -0.39 is 0 Å². The Morgan fingerprint density at radius 1 is 1.14 bits per heavy atom. The van der Waals surface area contributed by atoms with Crippen molar-refractivity contribution < 1.29 is 4.79 Å². The smallest absolute Gasteiger partial charge is 0.234 e. The van der Waals surface area contributed by atoms with Crippen molar-refractivity contribution >= 4 is 34.0 Å². The first-order valence-corrected chi connectivity index (χ1v) is 11.6. The number of nitrogens with one attached hydrogen (secondary N) is 1. The monoisotopic (exact) mass is 433 g/mol. The summed E-state index contributed by atoms with van der Waals surface area (Å²) in [4.78, 5) is 24.0. The summed E-state index contributed by atoms with van der Waals surface area (Å²) in [7, 11) is 0. The molecule has 3 heterocycles. The van der Waals surface area contributed by atoms with Crippen molar-refractivity contribution in [1.82, 2.24) is 20.1 Å². The number of benzene rings is 1. The number of hydrogen-bond acceptors (Lipinski definition) is 6. The largest absolute Gasteiger partial charge is 0.353 e. The maximum atomic E-state index is 12.6. The summed E-state index contributed by atoms with van der Waals surface area (Å²) in [5.74, 6) is 0.0870. The van der Waals surface area contributed by atoms with Crippen LogP contribution in [0.4, 0.5) is 5.13 Å². The zero-order chi connectivity index (χ0) is 20.1. The Kier molecular flexibility index (Phi) is 7.02. The Balaban J connectivity index is 1.29. The van der Waals surface area contributed by atoms with Crippen molar-refractivity contribution in [1.29, 1.82) is 0 Å². The van der Waals surface area contributed by atoms with Gasteiger partial charge in [0.25, 0.3) is 0 Å². The molecular weight excluding hydrogens is 406 g/mol. The molecule has 0 aliphatic carbocycles. The third kappa shape index (κ3) is 5.28. The summed E-state index contributed by atoms with van der Waals surface area (Å²) >= 11 is 8.14. The van der Waals surface area contributed by atoms with Crippen molar-refractivity contribution in [3.05, 3.63) is 46.4 Å². The Morgan fingerprint density at radius 2 is 1.90 bits per heavy atom. The van der Waals surface area contributed by atoms with Crippen LogP contribution in [-0.4, -0.2) is 73.0 Å². The number of rotatable bonds is 7. The normalized spacial score (nSPS) is 19.4. The lowest BCUT2D eigenvalue weighted by Gasteiger charge is -2.34. The molecule has 2 fully saturated rings. The molecule has 0 unspecified atom stereocenters. The molecule has 2 saturated heterocycles. The molecule has 6 nitrogen and oxygen atoms in total. The van der Waals surface area contributed by atoms with Crippen molar-refractivity contribution in [2.24, 2.45) is 0 Å². The van der Waals surface area contributed by atoms with Gasteiger partial charge in [-0.3, -0.25) is 14.6 Å².